The predicted molar refractivity (Wildman–Crippen MR) is 93.9 cm³/mol. The normalized spacial score (nSPS) is 14.3. The van der Waals surface area contributed by atoms with Crippen molar-refractivity contribution in [1.82, 2.24) is 0 Å². The second-order valence-electron chi connectivity index (χ2n) is 5.20. The van der Waals surface area contributed by atoms with Crippen LogP contribution in [0.3, 0.4) is 0 Å². The molecular formula is C17H15ClN2O3S. The SMILES string of the molecule is COC(=O)c1sc(N2CCOCC2)c(C#N)c1-c1ccc(Cl)cc1. The van der Waals surface area contributed by atoms with Gasteiger partial charge >= 0.3 is 5.97 Å². The van der Waals surface area contributed by atoms with Crippen LogP contribution in [0.25, 0.3) is 11.1 Å². The molecule has 0 atom stereocenters. The fourth-order valence-corrected chi connectivity index (χ4v) is 4.01. The molecule has 1 aliphatic rings. The van der Waals surface area contributed by atoms with Crippen LogP contribution in [0, 0.1) is 11.3 Å². The van der Waals surface area contributed by atoms with Crippen LogP contribution in [0.5, 0.6) is 0 Å². The third-order valence-electron chi connectivity index (χ3n) is 3.80. The van der Waals surface area contributed by atoms with E-state index in [9.17, 15) is 10.1 Å². The highest BCUT2D eigenvalue weighted by molar-refractivity contribution is 7.18. The number of rotatable bonds is 3. The number of benzene rings is 1. The highest BCUT2D eigenvalue weighted by Crippen LogP contribution is 2.42. The van der Waals surface area contributed by atoms with E-state index in [1.165, 1.54) is 18.4 Å². The molecule has 0 unspecified atom stereocenters. The molecule has 1 aromatic heterocycles. The molecule has 24 heavy (non-hydrogen) atoms. The summed E-state index contributed by atoms with van der Waals surface area (Å²) < 4.78 is 10.3. The van der Waals surface area contributed by atoms with Gasteiger partial charge in [0.15, 0.2) is 0 Å². The van der Waals surface area contributed by atoms with Crippen LogP contribution in [0.4, 0.5) is 5.00 Å². The lowest BCUT2D eigenvalue weighted by atomic mass is 10.0. The number of anilines is 1. The van der Waals surface area contributed by atoms with Crippen LogP contribution in [0.15, 0.2) is 24.3 Å². The summed E-state index contributed by atoms with van der Waals surface area (Å²) >= 11 is 7.24. The van der Waals surface area contributed by atoms with E-state index in [0.717, 1.165) is 10.6 Å². The molecule has 3 rings (SSSR count). The lowest BCUT2D eigenvalue weighted by Crippen LogP contribution is -2.36. The number of hydrogen-bond donors (Lipinski definition) is 0. The van der Waals surface area contributed by atoms with E-state index in [-0.39, 0.29) is 0 Å². The summed E-state index contributed by atoms with van der Waals surface area (Å²) in [5.41, 5.74) is 1.87. The van der Waals surface area contributed by atoms with Crippen LogP contribution >= 0.6 is 22.9 Å². The molecule has 0 radical (unpaired) electrons. The van der Waals surface area contributed by atoms with Gasteiger partial charge in [0.2, 0.25) is 0 Å². The van der Waals surface area contributed by atoms with E-state index in [4.69, 9.17) is 21.1 Å². The van der Waals surface area contributed by atoms with Crippen LogP contribution in [0.2, 0.25) is 5.02 Å². The average molecular weight is 363 g/mol. The Balaban J connectivity index is 2.17. The molecule has 1 aromatic carbocycles. The summed E-state index contributed by atoms with van der Waals surface area (Å²) in [4.78, 5) is 14.8. The number of methoxy groups -OCH3 is 1. The highest BCUT2D eigenvalue weighted by Gasteiger charge is 2.28. The summed E-state index contributed by atoms with van der Waals surface area (Å²) in [5, 5.41) is 11.1. The molecular weight excluding hydrogens is 348 g/mol. The first-order valence-electron chi connectivity index (χ1n) is 7.39. The van der Waals surface area contributed by atoms with Crippen molar-refractivity contribution >= 4 is 33.9 Å². The quantitative estimate of drug-likeness (QED) is 0.781. The summed E-state index contributed by atoms with van der Waals surface area (Å²) in [6, 6.07) is 9.36. The minimum absolute atomic E-state index is 0.429. The number of thiophene rings is 1. The second-order valence-corrected chi connectivity index (χ2v) is 6.63. The number of halogens is 1. The van der Waals surface area contributed by atoms with E-state index in [1.807, 2.05) is 0 Å². The van der Waals surface area contributed by atoms with Crippen molar-refractivity contribution < 1.29 is 14.3 Å². The Kier molecular flexibility index (Phi) is 5.05. The van der Waals surface area contributed by atoms with Gasteiger partial charge in [0, 0.05) is 23.7 Å². The maximum absolute atomic E-state index is 12.2. The minimum atomic E-state index is -0.444. The zero-order chi connectivity index (χ0) is 17.1. The summed E-state index contributed by atoms with van der Waals surface area (Å²) in [6.07, 6.45) is 0. The van der Waals surface area contributed by atoms with E-state index >= 15 is 0 Å². The van der Waals surface area contributed by atoms with Crippen molar-refractivity contribution in [1.29, 1.82) is 5.26 Å². The molecule has 1 fully saturated rings. The highest BCUT2D eigenvalue weighted by atomic mass is 35.5. The van der Waals surface area contributed by atoms with Crippen molar-refractivity contribution in [2.24, 2.45) is 0 Å². The Morgan fingerprint density at radius 3 is 2.58 bits per heavy atom. The average Bonchev–Trinajstić information content (AvgIpc) is 3.02. The standard InChI is InChI=1S/C17H15ClN2O3S/c1-22-17(21)15-14(11-2-4-12(18)5-3-11)13(10-19)16(24-15)20-6-8-23-9-7-20/h2-5H,6-9H2,1H3. The Morgan fingerprint density at radius 1 is 1.33 bits per heavy atom. The van der Waals surface area contributed by atoms with Crippen LogP contribution in [-0.2, 0) is 9.47 Å². The Labute approximate surface area is 149 Å². The molecule has 0 amide bonds. The molecule has 1 saturated heterocycles. The number of esters is 1. The lowest BCUT2D eigenvalue weighted by molar-refractivity contribution is 0.0607. The molecule has 0 aliphatic carbocycles. The van der Waals surface area contributed by atoms with Gasteiger partial charge in [0.1, 0.15) is 15.9 Å². The van der Waals surface area contributed by atoms with Gasteiger partial charge in [-0.15, -0.1) is 11.3 Å². The number of carbonyl (C=O) groups is 1. The topological polar surface area (TPSA) is 62.6 Å². The summed E-state index contributed by atoms with van der Waals surface area (Å²) in [7, 11) is 1.34. The Hall–Kier alpha value is -2.07. The van der Waals surface area contributed by atoms with Gasteiger partial charge in [0.25, 0.3) is 0 Å². The Morgan fingerprint density at radius 2 is 2.00 bits per heavy atom. The predicted octanol–water partition coefficient (Wildman–Crippen LogP) is 3.56. The molecule has 2 aromatic rings. The van der Waals surface area contributed by atoms with E-state index in [2.05, 4.69) is 11.0 Å². The van der Waals surface area contributed by atoms with Gasteiger partial charge in [-0.25, -0.2) is 4.79 Å². The van der Waals surface area contributed by atoms with Crippen molar-refractivity contribution in [2.45, 2.75) is 0 Å². The first-order valence-corrected chi connectivity index (χ1v) is 8.59. The first kappa shape index (κ1) is 16.8. The van der Waals surface area contributed by atoms with Gasteiger partial charge in [-0.1, -0.05) is 23.7 Å². The molecule has 7 heteroatoms. The molecule has 0 N–H and O–H groups in total. The van der Waals surface area contributed by atoms with Crippen molar-refractivity contribution in [3.05, 3.63) is 39.7 Å². The van der Waals surface area contributed by atoms with Crippen LogP contribution < -0.4 is 4.90 Å². The number of nitrogens with zero attached hydrogens (tertiary/aromatic N) is 2. The Bertz CT molecular complexity index is 789. The number of hydrogen-bond acceptors (Lipinski definition) is 6. The third kappa shape index (κ3) is 3.11. The molecule has 1 aliphatic heterocycles. The maximum Gasteiger partial charge on any atom is 0.348 e. The number of carbonyl (C=O) groups excluding carboxylic acids is 1. The smallest absolute Gasteiger partial charge is 0.348 e. The zero-order valence-electron chi connectivity index (χ0n) is 13.0. The van der Waals surface area contributed by atoms with Crippen LogP contribution in [-0.4, -0.2) is 39.4 Å². The van der Waals surface area contributed by atoms with Crippen molar-refractivity contribution in [3.63, 3.8) is 0 Å². The monoisotopic (exact) mass is 362 g/mol. The lowest BCUT2D eigenvalue weighted by Gasteiger charge is -2.27. The number of ether oxygens (including phenoxy) is 2. The second kappa shape index (κ2) is 7.22. The van der Waals surface area contributed by atoms with Gasteiger partial charge in [-0.05, 0) is 17.7 Å². The largest absolute Gasteiger partial charge is 0.465 e. The fraction of sp³-hybridized carbons (Fsp3) is 0.294. The molecule has 124 valence electrons. The van der Waals surface area contributed by atoms with Gasteiger partial charge < -0.3 is 14.4 Å². The third-order valence-corrected chi connectivity index (χ3v) is 5.29. The van der Waals surface area contributed by atoms with E-state index in [0.29, 0.717) is 47.3 Å². The van der Waals surface area contributed by atoms with Gasteiger partial charge in [0.05, 0.1) is 25.9 Å². The number of morpholine rings is 1. The van der Waals surface area contributed by atoms with Gasteiger partial charge in [-0.3, -0.25) is 0 Å². The van der Waals surface area contributed by atoms with Crippen molar-refractivity contribution in [2.75, 3.05) is 38.3 Å². The number of nitriles is 1. The summed E-state index contributed by atoms with van der Waals surface area (Å²) in [6.45, 7) is 2.59. The zero-order valence-corrected chi connectivity index (χ0v) is 14.6. The maximum atomic E-state index is 12.2. The van der Waals surface area contributed by atoms with E-state index in [1.54, 1.807) is 24.3 Å². The first-order chi connectivity index (χ1) is 11.7. The molecule has 0 bridgehead atoms. The molecule has 2 heterocycles. The molecule has 0 spiro atoms. The van der Waals surface area contributed by atoms with E-state index < -0.39 is 5.97 Å². The molecule has 0 saturated carbocycles. The molecule has 5 nitrogen and oxygen atoms in total. The van der Waals surface area contributed by atoms with Gasteiger partial charge in [-0.2, -0.15) is 5.26 Å². The van der Waals surface area contributed by atoms with Crippen molar-refractivity contribution in [3.8, 4) is 17.2 Å². The summed E-state index contributed by atoms with van der Waals surface area (Å²) in [5.74, 6) is -0.444. The minimum Gasteiger partial charge on any atom is -0.465 e. The van der Waals surface area contributed by atoms with Crippen LogP contribution in [0.1, 0.15) is 15.2 Å². The fourth-order valence-electron chi connectivity index (χ4n) is 2.64.